The van der Waals surface area contributed by atoms with Crippen LogP contribution in [-0.4, -0.2) is 16.5 Å². The van der Waals surface area contributed by atoms with E-state index in [2.05, 4.69) is 11.1 Å². The summed E-state index contributed by atoms with van der Waals surface area (Å²) < 4.78 is 0. The summed E-state index contributed by atoms with van der Waals surface area (Å²) in [6.07, 6.45) is 3.17. The summed E-state index contributed by atoms with van der Waals surface area (Å²) in [5, 5.41) is 0.765. The van der Waals surface area contributed by atoms with Gasteiger partial charge in [-0.15, -0.1) is 0 Å². The molecule has 5 heteroatoms. The van der Waals surface area contributed by atoms with Crippen LogP contribution in [-0.2, 0) is 0 Å². The molecule has 1 aromatic heterocycles. The first-order valence-corrected chi connectivity index (χ1v) is 6.48. The van der Waals surface area contributed by atoms with E-state index in [0.29, 0.717) is 10.7 Å². The topological polar surface area (TPSA) is 38.9 Å². The number of aromatic nitrogens is 1. The Morgan fingerprint density at radius 2 is 2.20 bits per heavy atom. The number of allylic oxidation sites excluding steroid dienone is 1. The van der Waals surface area contributed by atoms with Gasteiger partial charge < -0.3 is 5.73 Å². The van der Waals surface area contributed by atoms with Gasteiger partial charge in [-0.3, -0.25) is 0 Å². The third-order valence-electron chi connectivity index (χ3n) is 2.25. The van der Waals surface area contributed by atoms with Crippen LogP contribution in [0.5, 0.6) is 0 Å². The number of nitrogens with zero attached hydrogens (tertiary/aromatic N) is 1. The molecule has 1 aliphatic heterocycles. The SMILES string of the molecule is Nc1c(Cl)cc(C2=CCSCC2)nc1Cl. The summed E-state index contributed by atoms with van der Waals surface area (Å²) in [7, 11) is 0. The van der Waals surface area contributed by atoms with Gasteiger partial charge in [0.15, 0.2) is 5.15 Å². The van der Waals surface area contributed by atoms with Crippen molar-refractivity contribution in [2.45, 2.75) is 6.42 Å². The monoisotopic (exact) mass is 260 g/mol. The van der Waals surface area contributed by atoms with Crippen LogP contribution in [0.1, 0.15) is 12.1 Å². The molecule has 2 nitrogen and oxygen atoms in total. The highest BCUT2D eigenvalue weighted by Crippen LogP contribution is 2.31. The molecule has 0 saturated carbocycles. The van der Waals surface area contributed by atoms with Gasteiger partial charge in [0, 0.05) is 5.75 Å². The van der Waals surface area contributed by atoms with Crippen LogP contribution in [0.3, 0.4) is 0 Å². The normalized spacial score (nSPS) is 16.3. The Kier molecular flexibility index (Phi) is 3.44. The average molecular weight is 261 g/mol. The fourth-order valence-electron chi connectivity index (χ4n) is 1.42. The molecule has 80 valence electrons. The van der Waals surface area contributed by atoms with Crippen LogP contribution in [0.2, 0.25) is 10.2 Å². The maximum absolute atomic E-state index is 5.96. The van der Waals surface area contributed by atoms with Crippen molar-refractivity contribution in [3.63, 3.8) is 0 Å². The Balaban J connectivity index is 2.40. The van der Waals surface area contributed by atoms with Crippen LogP contribution in [0, 0.1) is 0 Å². The van der Waals surface area contributed by atoms with Crippen molar-refractivity contribution in [2.24, 2.45) is 0 Å². The minimum Gasteiger partial charge on any atom is -0.395 e. The van der Waals surface area contributed by atoms with Gasteiger partial charge in [0.05, 0.1) is 16.4 Å². The average Bonchev–Trinajstić information content (AvgIpc) is 2.26. The Labute approximate surface area is 103 Å². The third kappa shape index (κ3) is 2.41. The molecule has 2 heterocycles. The molecule has 2 N–H and O–H groups in total. The first-order chi connectivity index (χ1) is 7.18. The number of hydrogen-bond donors (Lipinski definition) is 1. The Bertz CT molecular complexity index is 395. The zero-order chi connectivity index (χ0) is 10.8. The molecule has 2 rings (SSSR count). The smallest absolute Gasteiger partial charge is 0.154 e. The van der Waals surface area contributed by atoms with E-state index in [1.54, 1.807) is 6.07 Å². The second-order valence-electron chi connectivity index (χ2n) is 3.25. The van der Waals surface area contributed by atoms with Crippen LogP contribution >= 0.6 is 35.0 Å². The quantitative estimate of drug-likeness (QED) is 0.786. The van der Waals surface area contributed by atoms with E-state index >= 15 is 0 Å². The Morgan fingerprint density at radius 3 is 2.80 bits per heavy atom. The van der Waals surface area contributed by atoms with Gasteiger partial charge in [-0.1, -0.05) is 29.3 Å². The number of anilines is 1. The minimum atomic E-state index is 0.289. The molecule has 1 aliphatic rings. The van der Waals surface area contributed by atoms with E-state index in [4.69, 9.17) is 28.9 Å². The molecule has 0 fully saturated rings. The molecule has 0 aromatic carbocycles. The van der Waals surface area contributed by atoms with Crippen LogP contribution < -0.4 is 5.73 Å². The van der Waals surface area contributed by atoms with E-state index in [-0.39, 0.29) is 5.15 Å². The Morgan fingerprint density at radius 1 is 1.40 bits per heavy atom. The van der Waals surface area contributed by atoms with Crippen molar-refractivity contribution >= 4 is 46.2 Å². The summed E-state index contributed by atoms with van der Waals surface area (Å²) in [6.45, 7) is 0. The molecule has 0 radical (unpaired) electrons. The third-order valence-corrected chi connectivity index (χ3v) is 3.75. The van der Waals surface area contributed by atoms with Gasteiger partial charge in [-0.2, -0.15) is 11.8 Å². The van der Waals surface area contributed by atoms with Crippen molar-refractivity contribution in [1.82, 2.24) is 4.98 Å². The van der Waals surface area contributed by atoms with E-state index < -0.39 is 0 Å². The van der Waals surface area contributed by atoms with Gasteiger partial charge in [0.25, 0.3) is 0 Å². The lowest BCUT2D eigenvalue weighted by atomic mass is 10.1. The number of rotatable bonds is 1. The lowest BCUT2D eigenvalue weighted by Crippen LogP contribution is -2.00. The molecule has 1 aromatic rings. The molecule has 0 saturated heterocycles. The van der Waals surface area contributed by atoms with Crippen molar-refractivity contribution in [2.75, 3.05) is 17.2 Å². The first kappa shape index (κ1) is 11.1. The zero-order valence-electron chi connectivity index (χ0n) is 7.96. The predicted molar refractivity (Wildman–Crippen MR) is 68.6 cm³/mol. The van der Waals surface area contributed by atoms with E-state index in [9.17, 15) is 0 Å². The minimum absolute atomic E-state index is 0.289. The molecule has 0 aliphatic carbocycles. The lowest BCUT2D eigenvalue weighted by Gasteiger charge is -2.13. The summed E-state index contributed by atoms with van der Waals surface area (Å²) in [6, 6.07) is 1.78. The van der Waals surface area contributed by atoms with Crippen molar-refractivity contribution in [3.05, 3.63) is 28.0 Å². The van der Waals surface area contributed by atoms with Crippen molar-refractivity contribution < 1.29 is 0 Å². The molecule has 0 amide bonds. The number of thioether (sulfide) groups is 1. The molecular weight excluding hydrogens is 251 g/mol. The van der Waals surface area contributed by atoms with Gasteiger partial charge >= 0.3 is 0 Å². The summed E-state index contributed by atoms with van der Waals surface area (Å²) in [4.78, 5) is 4.24. The highest BCUT2D eigenvalue weighted by atomic mass is 35.5. The molecule has 0 atom stereocenters. The van der Waals surface area contributed by atoms with Gasteiger partial charge in [0.1, 0.15) is 0 Å². The standard InChI is InChI=1S/C10H10Cl2N2S/c11-7-5-8(14-10(12)9(7)13)6-1-3-15-4-2-6/h1,5H,2-4,13H2. The van der Waals surface area contributed by atoms with Crippen molar-refractivity contribution in [3.8, 4) is 0 Å². The van der Waals surface area contributed by atoms with Crippen LogP contribution in [0.15, 0.2) is 12.1 Å². The summed E-state index contributed by atoms with van der Waals surface area (Å²) in [5.41, 5.74) is 8.04. The number of nitrogen functional groups attached to an aromatic ring is 1. The van der Waals surface area contributed by atoms with E-state index in [1.807, 2.05) is 11.8 Å². The molecule has 15 heavy (non-hydrogen) atoms. The number of hydrogen-bond acceptors (Lipinski definition) is 3. The number of halogens is 2. The van der Waals surface area contributed by atoms with E-state index in [1.165, 1.54) is 5.57 Å². The van der Waals surface area contributed by atoms with Crippen LogP contribution in [0.4, 0.5) is 5.69 Å². The molecular formula is C10H10Cl2N2S. The molecule has 0 unspecified atom stereocenters. The number of pyridine rings is 1. The summed E-state index contributed by atoms with van der Waals surface area (Å²) >= 11 is 13.8. The fraction of sp³-hybridized carbons (Fsp3) is 0.300. The Hall–Kier alpha value is -0.380. The van der Waals surface area contributed by atoms with E-state index in [0.717, 1.165) is 23.6 Å². The zero-order valence-corrected chi connectivity index (χ0v) is 10.3. The maximum Gasteiger partial charge on any atom is 0.154 e. The lowest BCUT2D eigenvalue weighted by molar-refractivity contribution is 1.17. The summed E-state index contributed by atoms with van der Waals surface area (Å²) in [5.74, 6) is 2.14. The van der Waals surface area contributed by atoms with Gasteiger partial charge in [0.2, 0.25) is 0 Å². The van der Waals surface area contributed by atoms with Crippen LogP contribution in [0.25, 0.3) is 5.57 Å². The second-order valence-corrected chi connectivity index (χ2v) is 5.16. The highest BCUT2D eigenvalue weighted by Gasteiger charge is 2.12. The number of nitrogens with two attached hydrogens (primary N) is 1. The van der Waals surface area contributed by atoms with Crippen molar-refractivity contribution in [1.29, 1.82) is 0 Å². The fourth-order valence-corrected chi connectivity index (χ4v) is 2.70. The maximum atomic E-state index is 5.96. The van der Waals surface area contributed by atoms with Gasteiger partial charge in [-0.05, 0) is 23.8 Å². The van der Waals surface area contributed by atoms with Gasteiger partial charge in [-0.25, -0.2) is 4.98 Å². The molecule has 0 spiro atoms. The predicted octanol–water partition coefficient (Wildman–Crippen LogP) is 3.49. The highest BCUT2D eigenvalue weighted by molar-refractivity contribution is 7.99. The molecule has 0 bridgehead atoms. The largest absolute Gasteiger partial charge is 0.395 e. The second kappa shape index (κ2) is 4.64. The first-order valence-electron chi connectivity index (χ1n) is 4.57.